The number of hydrogen-bond donors (Lipinski definition) is 1. The number of phenolic OH excluding ortho intramolecular Hbond substituents is 1. The van der Waals surface area contributed by atoms with E-state index in [2.05, 4.69) is 0 Å². The molecule has 0 spiro atoms. The van der Waals surface area contributed by atoms with Crippen LogP contribution in [-0.2, 0) is 11.2 Å². The van der Waals surface area contributed by atoms with E-state index in [1.54, 1.807) is 30.0 Å². The number of rotatable bonds is 7. The van der Waals surface area contributed by atoms with E-state index >= 15 is 0 Å². The summed E-state index contributed by atoms with van der Waals surface area (Å²) in [5, 5.41) is 10.8. The van der Waals surface area contributed by atoms with Gasteiger partial charge in [0.1, 0.15) is 22.9 Å². The zero-order chi connectivity index (χ0) is 22.7. The number of aryl methyl sites for hydroxylation is 1. The summed E-state index contributed by atoms with van der Waals surface area (Å²) in [6.07, 6.45) is 2.66. The van der Waals surface area contributed by atoms with Crippen LogP contribution in [0.2, 0.25) is 0 Å². The second-order valence-electron chi connectivity index (χ2n) is 7.11. The van der Waals surface area contributed by atoms with E-state index in [9.17, 15) is 14.3 Å². The summed E-state index contributed by atoms with van der Waals surface area (Å²) >= 11 is 1.56. The number of hydrogen-bond acceptors (Lipinski definition) is 6. The summed E-state index contributed by atoms with van der Waals surface area (Å²) in [5.41, 5.74) is 2.50. The fourth-order valence-corrected chi connectivity index (χ4v) is 4.15. The zero-order valence-corrected chi connectivity index (χ0v) is 18.4. The minimum atomic E-state index is -0.383. The number of carbonyl (C=O) groups excluding carboxylic acids is 1. The van der Waals surface area contributed by atoms with E-state index in [-0.39, 0.29) is 24.0 Å². The topological polar surface area (TPSA) is 68.9 Å². The Kier molecular flexibility index (Phi) is 6.37. The first-order chi connectivity index (χ1) is 15.5. The molecule has 4 rings (SSSR count). The number of furan rings is 1. The monoisotopic (exact) mass is 452 g/mol. The molecule has 0 fully saturated rings. The predicted octanol–water partition coefficient (Wildman–Crippen LogP) is 6.21. The SMILES string of the molecule is COc1cc(-c2oc3ccc(CCC(=O)Oc4ccc(F)cc4)cc3c2SC)ccc1O. The normalized spacial score (nSPS) is 11.0. The van der Waals surface area contributed by atoms with Crippen molar-refractivity contribution < 1.29 is 28.2 Å². The number of methoxy groups -OCH3 is 1. The largest absolute Gasteiger partial charge is 0.504 e. The Labute approximate surface area is 188 Å². The van der Waals surface area contributed by atoms with Gasteiger partial charge in [-0.1, -0.05) is 6.07 Å². The molecule has 0 aliphatic carbocycles. The van der Waals surface area contributed by atoms with Crippen molar-refractivity contribution >= 4 is 28.7 Å². The third kappa shape index (κ3) is 4.57. The number of benzene rings is 3. The lowest BCUT2D eigenvalue weighted by atomic mass is 10.1. The molecule has 32 heavy (non-hydrogen) atoms. The first kappa shape index (κ1) is 21.8. The molecule has 4 aromatic rings. The van der Waals surface area contributed by atoms with Crippen LogP contribution in [0, 0.1) is 5.82 Å². The molecule has 3 aromatic carbocycles. The van der Waals surface area contributed by atoms with Gasteiger partial charge in [0.15, 0.2) is 11.5 Å². The summed E-state index contributed by atoms with van der Waals surface area (Å²) in [5.74, 6) is 0.682. The Bertz CT molecular complexity index is 1260. The average Bonchev–Trinajstić information content (AvgIpc) is 3.17. The number of esters is 1. The molecule has 0 unspecified atom stereocenters. The van der Waals surface area contributed by atoms with Crippen LogP contribution in [0.1, 0.15) is 12.0 Å². The number of phenols is 1. The average molecular weight is 453 g/mol. The highest BCUT2D eigenvalue weighted by molar-refractivity contribution is 7.99. The summed E-state index contributed by atoms with van der Waals surface area (Å²) in [6.45, 7) is 0. The second kappa shape index (κ2) is 9.36. The molecule has 0 bridgehead atoms. The van der Waals surface area contributed by atoms with Gasteiger partial charge in [-0.25, -0.2) is 4.39 Å². The van der Waals surface area contributed by atoms with E-state index in [4.69, 9.17) is 13.9 Å². The van der Waals surface area contributed by atoms with Crippen LogP contribution < -0.4 is 9.47 Å². The molecule has 0 radical (unpaired) electrons. The van der Waals surface area contributed by atoms with Crippen molar-refractivity contribution in [2.24, 2.45) is 0 Å². The van der Waals surface area contributed by atoms with Gasteiger partial charge in [-0.15, -0.1) is 11.8 Å². The van der Waals surface area contributed by atoms with Crippen molar-refractivity contribution in [2.45, 2.75) is 17.7 Å². The molecule has 164 valence electrons. The maximum Gasteiger partial charge on any atom is 0.311 e. The van der Waals surface area contributed by atoms with Crippen molar-refractivity contribution in [3.8, 4) is 28.6 Å². The summed E-state index contributed by atoms with van der Waals surface area (Å²) in [4.78, 5) is 13.1. The Morgan fingerprint density at radius 3 is 2.59 bits per heavy atom. The van der Waals surface area contributed by atoms with E-state index in [0.29, 0.717) is 23.7 Å². The molecular formula is C25H21FO5S. The molecule has 0 aliphatic heterocycles. The molecular weight excluding hydrogens is 431 g/mol. The highest BCUT2D eigenvalue weighted by Crippen LogP contribution is 2.42. The summed E-state index contributed by atoms with van der Waals surface area (Å²) in [6, 6.07) is 16.3. The molecule has 1 aromatic heterocycles. The zero-order valence-electron chi connectivity index (χ0n) is 17.6. The van der Waals surface area contributed by atoms with Crippen molar-refractivity contribution in [1.82, 2.24) is 0 Å². The highest BCUT2D eigenvalue weighted by atomic mass is 32.2. The molecule has 0 saturated heterocycles. The third-order valence-electron chi connectivity index (χ3n) is 5.02. The first-order valence-corrected chi connectivity index (χ1v) is 11.1. The molecule has 0 saturated carbocycles. The van der Waals surface area contributed by atoms with Crippen LogP contribution in [0.15, 0.2) is 70.0 Å². The molecule has 0 amide bonds. The Morgan fingerprint density at radius 1 is 1.09 bits per heavy atom. The van der Waals surface area contributed by atoms with Gasteiger partial charge in [-0.2, -0.15) is 0 Å². The Hall–Kier alpha value is -3.45. The smallest absolute Gasteiger partial charge is 0.311 e. The predicted molar refractivity (Wildman–Crippen MR) is 122 cm³/mol. The van der Waals surface area contributed by atoms with Crippen LogP contribution >= 0.6 is 11.8 Å². The van der Waals surface area contributed by atoms with Crippen molar-refractivity contribution in [2.75, 3.05) is 13.4 Å². The van der Waals surface area contributed by atoms with E-state index in [1.165, 1.54) is 31.4 Å². The van der Waals surface area contributed by atoms with Crippen LogP contribution in [0.25, 0.3) is 22.3 Å². The van der Waals surface area contributed by atoms with Crippen LogP contribution in [0.3, 0.4) is 0 Å². The van der Waals surface area contributed by atoms with E-state index < -0.39 is 0 Å². The van der Waals surface area contributed by atoms with Gasteiger partial charge in [0, 0.05) is 17.4 Å². The maximum atomic E-state index is 13.0. The molecule has 5 nitrogen and oxygen atoms in total. The van der Waals surface area contributed by atoms with Gasteiger partial charge in [0.25, 0.3) is 0 Å². The van der Waals surface area contributed by atoms with Gasteiger partial charge < -0.3 is 19.0 Å². The van der Waals surface area contributed by atoms with Crippen LogP contribution in [-0.4, -0.2) is 24.4 Å². The fourth-order valence-electron chi connectivity index (χ4n) is 3.42. The molecule has 0 aliphatic rings. The number of carbonyl (C=O) groups is 1. The van der Waals surface area contributed by atoms with Crippen LogP contribution in [0.4, 0.5) is 4.39 Å². The van der Waals surface area contributed by atoms with Crippen molar-refractivity contribution in [3.05, 3.63) is 72.0 Å². The van der Waals surface area contributed by atoms with Gasteiger partial charge in [0.2, 0.25) is 0 Å². The van der Waals surface area contributed by atoms with Crippen LogP contribution in [0.5, 0.6) is 17.2 Å². The lowest BCUT2D eigenvalue weighted by Crippen LogP contribution is -2.09. The standard InChI is InChI=1S/C25H21FO5S/c1-29-22-14-16(5-10-20(22)27)24-25(32-2)19-13-15(3-11-21(19)31-24)4-12-23(28)30-18-8-6-17(26)7-9-18/h3,5-11,13-14,27H,4,12H2,1-2H3. The Morgan fingerprint density at radius 2 is 1.88 bits per heavy atom. The first-order valence-electron chi connectivity index (χ1n) is 9.91. The summed E-state index contributed by atoms with van der Waals surface area (Å²) < 4.78 is 29.6. The maximum absolute atomic E-state index is 13.0. The van der Waals surface area contributed by atoms with E-state index in [0.717, 1.165) is 27.0 Å². The van der Waals surface area contributed by atoms with Gasteiger partial charge >= 0.3 is 5.97 Å². The molecule has 7 heteroatoms. The van der Waals surface area contributed by atoms with E-state index in [1.807, 2.05) is 24.5 Å². The highest BCUT2D eigenvalue weighted by Gasteiger charge is 2.18. The Balaban J connectivity index is 1.55. The minimum Gasteiger partial charge on any atom is -0.504 e. The number of halogens is 1. The van der Waals surface area contributed by atoms with Crippen molar-refractivity contribution in [3.63, 3.8) is 0 Å². The molecule has 1 heterocycles. The molecule has 1 N–H and O–H groups in total. The minimum absolute atomic E-state index is 0.0628. The number of aromatic hydroxyl groups is 1. The quantitative estimate of drug-likeness (QED) is 0.204. The van der Waals surface area contributed by atoms with Gasteiger partial charge in [-0.05, 0) is 72.8 Å². The fraction of sp³-hybridized carbons (Fsp3) is 0.160. The van der Waals surface area contributed by atoms with Gasteiger partial charge in [-0.3, -0.25) is 4.79 Å². The third-order valence-corrected chi connectivity index (χ3v) is 5.83. The van der Waals surface area contributed by atoms with Crippen molar-refractivity contribution in [1.29, 1.82) is 0 Å². The number of fused-ring (bicyclic) bond motifs is 1. The number of thioether (sulfide) groups is 1. The second-order valence-corrected chi connectivity index (χ2v) is 7.93. The molecule has 0 atom stereocenters. The lowest BCUT2D eigenvalue weighted by molar-refractivity contribution is -0.134. The van der Waals surface area contributed by atoms with Gasteiger partial charge in [0.05, 0.1) is 12.0 Å². The lowest BCUT2D eigenvalue weighted by Gasteiger charge is -2.06. The number of ether oxygens (including phenoxy) is 2. The summed E-state index contributed by atoms with van der Waals surface area (Å²) in [7, 11) is 1.50.